The van der Waals surface area contributed by atoms with Crippen LogP contribution in [0.25, 0.3) is 10.2 Å². The number of hydrogen-bond acceptors (Lipinski definition) is 9. The highest BCUT2D eigenvalue weighted by molar-refractivity contribution is 9.10. The first kappa shape index (κ1) is 23.9. The molecule has 3 N–H and O–H groups in total. The molecule has 0 spiro atoms. The van der Waals surface area contributed by atoms with Crippen molar-refractivity contribution in [2.75, 3.05) is 23.8 Å². The van der Waals surface area contributed by atoms with Crippen LogP contribution in [0.1, 0.15) is 45.2 Å². The summed E-state index contributed by atoms with van der Waals surface area (Å²) in [5.74, 6) is 1.36. The Morgan fingerprint density at radius 2 is 1.85 bits per heavy atom. The van der Waals surface area contributed by atoms with E-state index in [4.69, 9.17) is 19.7 Å². The SMILES string of the molecule is C[C@@H]1COC[C@H](C)N1Cc1cc(Nc2nc3ccc(Br)cc3s2)nc(NC2CCC(O)CC2)n1. The molecule has 1 saturated carbocycles. The molecule has 1 saturated heterocycles. The minimum Gasteiger partial charge on any atom is -0.393 e. The van der Waals surface area contributed by atoms with Gasteiger partial charge in [-0.1, -0.05) is 27.3 Å². The Hall–Kier alpha value is -1.85. The van der Waals surface area contributed by atoms with Crippen LogP contribution in [-0.2, 0) is 11.3 Å². The lowest BCUT2D eigenvalue weighted by atomic mass is 9.93. The highest BCUT2D eigenvalue weighted by Crippen LogP contribution is 2.31. The molecule has 2 atom stereocenters. The van der Waals surface area contributed by atoms with E-state index in [-0.39, 0.29) is 12.1 Å². The average Bonchev–Trinajstić information content (AvgIpc) is 3.19. The maximum absolute atomic E-state index is 9.86. The van der Waals surface area contributed by atoms with Crippen LogP contribution in [0, 0.1) is 0 Å². The number of nitrogens with one attached hydrogen (secondary N) is 2. The molecule has 1 aliphatic carbocycles. The molecular weight excluding hydrogens is 516 g/mol. The number of morpholine rings is 1. The van der Waals surface area contributed by atoms with E-state index >= 15 is 0 Å². The van der Waals surface area contributed by atoms with Crippen LogP contribution in [0.2, 0.25) is 0 Å². The largest absolute Gasteiger partial charge is 0.393 e. The van der Waals surface area contributed by atoms with Gasteiger partial charge in [-0.15, -0.1) is 0 Å². The van der Waals surface area contributed by atoms with Crippen molar-refractivity contribution < 1.29 is 9.84 Å². The molecule has 10 heteroatoms. The number of aromatic nitrogens is 3. The highest BCUT2D eigenvalue weighted by atomic mass is 79.9. The van der Waals surface area contributed by atoms with Gasteiger partial charge in [0, 0.05) is 35.2 Å². The second-order valence-corrected chi connectivity index (χ2v) is 11.3. The molecule has 2 aromatic heterocycles. The van der Waals surface area contributed by atoms with Gasteiger partial charge in [-0.05, 0) is 57.7 Å². The summed E-state index contributed by atoms with van der Waals surface area (Å²) >= 11 is 5.14. The standard InChI is InChI=1S/C24H31BrN6O2S/c1-14-12-33-13-15(2)31(14)11-18-10-22(29-23(27-18)26-17-4-6-19(32)7-5-17)30-24-28-20-8-3-16(25)9-21(20)34-24/h3,8-10,14-15,17,19,32H,4-7,11-13H2,1-2H3,(H2,26,27,28,29,30)/t14-,15+,17?,19?. The van der Waals surface area contributed by atoms with E-state index in [1.165, 1.54) is 0 Å². The summed E-state index contributed by atoms with van der Waals surface area (Å²) < 4.78 is 7.86. The number of fused-ring (bicyclic) bond motifs is 1. The number of hydrogen-bond donors (Lipinski definition) is 3. The summed E-state index contributed by atoms with van der Waals surface area (Å²) in [4.78, 5) is 16.8. The summed E-state index contributed by atoms with van der Waals surface area (Å²) in [6.07, 6.45) is 3.27. The van der Waals surface area contributed by atoms with Crippen molar-refractivity contribution in [1.82, 2.24) is 19.9 Å². The first-order valence-corrected chi connectivity index (χ1v) is 13.5. The van der Waals surface area contributed by atoms with Crippen LogP contribution in [0.15, 0.2) is 28.7 Å². The second-order valence-electron chi connectivity index (χ2n) is 9.38. The van der Waals surface area contributed by atoms with E-state index in [2.05, 4.69) is 51.4 Å². The molecule has 1 aliphatic heterocycles. The van der Waals surface area contributed by atoms with Gasteiger partial charge in [-0.3, -0.25) is 4.90 Å². The maximum Gasteiger partial charge on any atom is 0.225 e. The quantitative estimate of drug-likeness (QED) is 0.401. The van der Waals surface area contributed by atoms with Crippen molar-refractivity contribution in [3.8, 4) is 0 Å². The molecule has 5 rings (SSSR count). The number of anilines is 3. The molecule has 0 radical (unpaired) electrons. The van der Waals surface area contributed by atoms with Crippen molar-refractivity contribution >= 4 is 54.4 Å². The van der Waals surface area contributed by atoms with E-state index < -0.39 is 0 Å². The van der Waals surface area contributed by atoms with Crippen molar-refractivity contribution in [2.45, 2.75) is 70.3 Å². The predicted molar refractivity (Wildman–Crippen MR) is 140 cm³/mol. The first-order valence-electron chi connectivity index (χ1n) is 11.9. The number of nitrogens with zero attached hydrogens (tertiary/aromatic N) is 4. The number of aliphatic hydroxyl groups is 1. The lowest BCUT2D eigenvalue weighted by Crippen LogP contribution is -2.49. The minimum absolute atomic E-state index is 0.189. The Bertz CT molecular complexity index is 1130. The van der Waals surface area contributed by atoms with Gasteiger partial charge in [0.1, 0.15) is 5.82 Å². The van der Waals surface area contributed by atoms with Gasteiger partial charge in [0.05, 0.1) is 35.2 Å². The van der Waals surface area contributed by atoms with Gasteiger partial charge >= 0.3 is 0 Å². The van der Waals surface area contributed by atoms with Crippen LogP contribution in [0.3, 0.4) is 0 Å². The molecule has 8 nitrogen and oxygen atoms in total. The third-order valence-electron chi connectivity index (χ3n) is 6.59. The van der Waals surface area contributed by atoms with Crippen molar-refractivity contribution in [3.63, 3.8) is 0 Å². The normalized spacial score (nSPS) is 26.0. The van der Waals surface area contributed by atoms with E-state index in [0.717, 1.165) is 76.8 Å². The van der Waals surface area contributed by atoms with Crippen molar-refractivity contribution in [3.05, 3.63) is 34.4 Å². The smallest absolute Gasteiger partial charge is 0.225 e. The van der Waals surface area contributed by atoms with Gasteiger partial charge in [-0.2, -0.15) is 4.98 Å². The van der Waals surface area contributed by atoms with Crippen LogP contribution in [0.5, 0.6) is 0 Å². The molecule has 2 aliphatic rings. The minimum atomic E-state index is -0.189. The summed E-state index contributed by atoms with van der Waals surface area (Å²) in [7, 11) is 0. The third-order valence-corrected chi connectivity index (χ3v) is 8.02. The fourth-order valence-corrected chi connectivity index (χ4v) is 6.13. The molecule has 34 heavy (non-hydrogen) atoms. The molecule has 0 amide bonds. The number of aliphatic hydroxyl groups excluding tert-OH is 1. The van der Waals surface area contributed by atoms with E-state index in [1.807, 2.05) is 18.2 Å². The van der Waals surface area contributed by atoms with Gasteiger partial charge in [0.2, 0.25) is 5.95 Å². The zero-order valence-electron chi connectivity index (χ0n) is 19.5. The van der Waals surface area contributed by atoms with Crippen LogP contribution >= 0.6 is 27.3 Å². The maximum atomic E-state index is 9.86. The summed E-state index contributed by atoms with van der Waals surface area (Å²) in [6, 6.07) is 9.04. The lowest BCUT2D eigenvalue weighted by Gasteiger charge is -2.38. The number of halogens is 1. The fraction of sp³-hybridized carbons (Fsp3) is 0.542. The molecule has 0 unspecified atom stereocenters. The zero-order valence-corrected chi connectivity index (χ0v) is 21.9. The summed E-state index contributed by atoms with van der Waals surface area (Å²) in [5, 5.41) is 17.6. The third kappa shape index (κ3) is 5.68. The van der Waals surface area contributed by atoms with E-state index in [9.17, 15) is 5.11 Å². The molecule has 0 bridgehead atoms. The Labute approximate surface area is 212 Å². The number of rotatable bonds is 6. The summed E-state index contributed by atoms with van der Waals surface area (Å²) in [6.45, 7) is 6.59. The second kappa shape index (κ2) is 10.4. The monoisotopic (exact) mass is 546 g/mol. The van der Waals surface area contributed by atoms with Gasteiger partial charge in [0.25, 0.3) is 0 Å². The Kier molecular flexibility index (Phi) is 7.31. The Morgan fingerprint density at radius 1 is 1.09 bits per heavy atom. The molecule has 2 fully saturated rings. The van der Waals surface area contributed by atoms with Gasteiger partial charge < -0.3 is 20.5 Å². The number of ether oxygens (including phenoxy) is 1. The fourth-order valence-electron chi connectivity index (χ4n) is 4.71. The topological polar surface area (TPSA) is 95.4 Å². The Morgan fingerprint density at radius 3 is 2.62 bits per heavy atom. The lowest BCUT2D eigenvalue weighted by molar-refractivity contribution is -0.0414. The van der Waals surface area contributed by atoms with E-state index in [0.29, 0.717) is 18.0 Å². The highest BCUT2D eigenvalue weighted by Gasteiger charge is 2.26. The van der Waals surface area contributed by atoms with E-state index in [1.54, 1.807) is 11.3 Å². The molecule has 182 valence electrons. The van der Waals surface area contributed by atoms with Crippen LogP contribution < -0.4 is 10.6 Å². The molecule has 3 aromatic rings. The van der Waals surface area contributed by atoms with Crippen LogP contribution in [0.4, 0.5) is 16.9 Å². The van der Waals surface area contributed by atoms with Crippen LogP contribution in [-0.4, -0.2) is 62.4 Å². The number of thiazole rings is 1. The Balaban J connectivity index is 1.40. The van der Waals surface area contributed by atoms with Crippen molar-refractivity contribution in [2.24, 2.45) is 0 Å². The van der Waals surface area contributed by atoms with Gasteiger partial charge in [0.15, 0.2) is 5.13 Å². The first-order chi connectivity index (χ1) is 16.4. The number of benzene rings is 1. The molecule has 1 aromatic carbocycles. The van der Waals surface area contributed by atoms with Crippen molar-refractivity contribution in [1.29, 1.82) is 0 Å². The summed E-state index contributed by atoms with van der Waals surface area (Å²) in [5.41, 5.74) is 1.92. The van der Waals surface area contributed by atoms with Gasteiger partial charge in [-0.25, -0.2) is 9.97 Å². The predicted octanol–water partition coefficient (Wildman–Crippen LogP) is 4.92. The molecular formula is C24H31BrN6O2S. The average molecular weight is 548 g/mol. The zero-order chi connectivity index (χ0) is 23.7. The molecule has 3 heterocycles.